The minimum atomic E-state index is 0.115. The van der Waals surface area contributed by atoms with E-state index in [0.717, 1.165) is 39.1 Å². The van der Waals surface area contributed by atoms with Crippen molar-refractivity contribution in [2.24, 2.45) is 0 Å². The van der Waals surface area contributed by atoms with Gasteiger partial charge < -0.3 is 19.5 Å². The van der Waals surface area contributed by atoms with Crippen molar-refractivity contribution in [3.63, 3.8) is 0 Å². The number of ether oxygens (including phenoxy) is 1. The fourth-order valence-corrected chi connectivity index (χ4v) is 3.25. The molecule has 1 aromatic rings. The van der Waals surface area contributed by atoms with E-state index in [1.807, 2.05) is 29.1 Å². The van der Waals surface area contributed by atoms with Crippen LogP contribution in [0.1, 0.15) is 25.7 Å². The van der Waals surface area contributed by atoms with Gasteiger partial charge in [0.1, 0.15) is 6.54 Å². The third kappa shape index (κ3) is 4.32. The Kier molecular flexibility index (Phi) is 4.93. The third-order valence-electron chi connectivity index (χ3n) is 4.43. The molecule has 2 saturated heterocycles. The number of carbonyl (C=O) groups is 1. The van der Waals surface area contributed by atoms with E-state index in [0.29, 0.717) is 18.7 Å². The first kappa shape index (κ1) is 14.6. The number of hydrogen-bond acceptors (Lipinski definition) is 3. The van der Waals surface area contributed by atoms with Crippen molar-refractivity contribution in [2.75, 3.05) is 26.2 Å². The molecule has 0 spiro atoms. The van der Waals surface area contributed by atoms with Crippen LogP contribution in [-0.2, 0) is 16.1 Å². The van der Waals surface area contributed by atoms with Crippen LogP contribution in [0.2, 0.25) is 0 Å². The molecule has 0 aliphatic carbocycles. The van der Waals surface area contributed by atoms with Gasteiger partial charge >= 0.3 is 0 Å². The van der Waals surface area contributed by atoms with E-state index in [-0.39, 0.29) is 5.91 Å². The molecule has 1 aromatic heterocycles. The molecular weight excluding hydrogens is 266 g/mol. The highest BCUT2D eigenvalue weighted by Crippen LogP contribution is 2.17. The van der Waals surface area contributed by atoms with Crippen molar-refractivity contribution in [3.05, 3.63) is 24.5 Å². The molecule has 1 unspecified atom stereocenters. The quantitative estimate of drug-likeness (QED) is 0.888. The Morgan fingerprint density at radius 2 is 1.95 bits per heavy atom. The van der Waals surface area contributed by atoms with Gasteiger partial charge in [0.05, 0.1) is 6.10 Å². The van der Waals surface area contributed by atoms with E-state index in [1.165, 1.54) is 12.8 Å². The van der Waals surface area contributed by atoms with Crippen LogP contribution in [0.4, 0.5) is 0 Å². The van der Waals surface area contributed by atoms with Gasteiger partial charge in [-0.25, -0.2) is 0 Å². The maximum absolute atomic E-state index is 12.0. The summed E-state index contributed by atoms with van der Waals surface area (Å²) in [4.78, 5) is 14.5. The van der Waals surface area contributed by atoms with Crippen molar-refractivity contribution in [2.45, 2.75) is 44.4 Å². The molecule has 2 aliphatic heterocycles. The fourth-order valence-electron chi connectivity index (χ4n) is 3.25. The number of hydrogen-bond donors (Lipinski definition) is 1. The monoisotopic (exact) mass is 291 g/mol. The minimum absolute atomic E-state index is 0.115. The van der Waals surface area contributed by atoms with Gasteiger partial charge in [-0.05, 0) is 37.8 Å². The smallest absolute Gasteiger partial charge is 0.240 e. The van der Waals surface area contributed by atoms with Crippen molar-refractivity contribution in [1.82, 2.24) is 14.8 Å². The van der Waals surface area contributed by atoms with Crippen LogP contribution in [0, 0.1) is 0 Å². The van der Waals surface area contributed by atoms with E-state index in [4.69, 9.17) is 4.74 Å². The lowest BCUT2D eigenvalue weighted by Crippen LogP contribution is -2.47. The molecule has 0 radical (unpaired) electrons. The predicted molar refractivity (Wildman–Crippen MR) is 81.0 cm³/mol. The predicted octanol–water partition coefficient (Wildman–Crippen LogP) is 1.25. The molecule has 116 valence electrons. The van der Waals surface area contributed by atoms with Gasteiger partial charge in [0.15, 0.2) is 0 Å². The first-order valence-electron chi connectivity index (χ1n) is 8.04. The number of aromatic nitrogens is 1. The number of amides is 1. The Hall–Kier alpha value is -1.33. The molecular formula is C16H25N3O2. The lowest BCUT2D eigenvalue weighted by Gasteiger charge is -2.33. The minimum Gasteiger partial charge on any atom is -0.377 e. The molecule has 1 amide bonds. The average molecular weight is 291 g/mol. The van der Waals surface area contributed by atoms with Crippen molar-refractivity contribution < 1.29 is 9.53 Å². The maximum atomic E-state index is 12.0. The van der Waals surface area contributed by atoms with Gasteiger partial charge in [0.2, 0.25) is 5.91 Å². The summed E-state index contributed by atoms with van der Waals surface area (Å²) in [5.41, 5.74) is 0. The Labute approximate surface area is 126 Å². The average Bonchev–Trinajstić information content (AvgIpc) is 3.14. The van der Waals surface area contributed by atoms with E-state index in [1.54, 1.807) is 0 Å². The molecule has 5 heteroatoms. The number of nitrogens with one attached hydrogen (secondary N) is 1. The lowest BCUT2D eigenvalue weighted by molar-refractivity contribution is -0.122. The first-order chi connectivity index (χ1) is 10.3. The lowest BCUT2D eigenvalue weighted by atomic mass is 10.0. The molecule has 2 aliphatic rings. The van der Waals surface area contributed by atoms with Crippen LogP contribution in [0.15, 0.2) is 24.5 Å². The normalized spacial score (nSPS) is 24.3. The largest absolute Gasteiger partial charge is 0.377 e. The molecule has 5 nitrogen and oxygen atoms in total. The van der Waals surface area contributed by atoms with Gasteiger partial charge in [0, 0.05) is 44.7 Å². The third-order valence-corrected chi connectivity index (χ3v) is 4.43. The summed E-state index contributed by atoms with van der Waals surface area (Å²) >= 11 is 0. The number of piperidine rings is 1. The van der Waals surface area contributed by atoms with Gasteiger partial charge in [0.25, 0.3) is 0 Å². The highest BCUT2D eigenvalue weighted by atomic mass is 16.5. The van der Waals surface area contributed by atoms with E-state index >= 15 is 0 Å². The number of rotatable bonds is 5. The molecule has 3 rings (SSSR count). The summed E-state index contributed by atoms with van der Waals surface area (Å²) in [6.07, 6.45) is 8.77. The molecule has 21 heavy (non-hydrogen) atoms. The van der Waals surface area contributed by atoms with Crippen molar-refractivity contribution in [3.8, 4) is 0 Å². The molecule has 1 N–H and O–H groups in total. The number of likely N-dealkylation sites (tertiary alicyclic amines) is 1. The summed E-state index contributed by atoms with van der Waals surface area (Å²) in [6, 6.07) is 4.21. The highest BCUT2D eigenvalue weighted by Gasteiger charge is 2.24. The van der Waals surface area contributed by atoms with Crippen molar-refractivity contribution in [1.29, 1.82) is 0 Å². The second-order valence-electron chi connectivity index (χ2n) is 6.13. The summed E-state index contributed by atoms with van der Waals surface area (Å²) in [7, 11) is 0. The summed E-state index contributed by atoms with van der Waals surface area (Å²) < 4.78 is 7.60. The number of nitrogens with zero attached hydrogens (tertiary/aromatic N) is 2. The zero-order valence-electron chi connectivity index (χ0n) is 12.5. The Morgan fingerprint density at radius 1 is 1.19 bits per heavy atom. The molecule has 0 aromatic carbocycles. The first-order valence-corrected chi connectivity index (χ1v) is 8.04. The summed E-state index contributed by atoms with van der Waals surface area (Å²) in [5.74, 6) is 0.115. The summed E-state index contributed by atoms with van der Waals surface area (Å²) in [6.45, 7) is 4.53. The van der Waals surface area contributed by atoms with Crippen LogP contribution in [0.3, 0.4) is 0 Å². The maximum Gasteiger partial charge on any atom is 0.240 e. The van der Waals surface area contributed by atoms with Gasteiger partial charge in [-0.3, -0.25) is 4.79 Å². The SMILES string of the molecule is O=C(Cn1cccc1)NC1CCN(CC2CCCO2)CC1. The Balaban J connectivity index is 1.36. The van der Waals surface area contributed by atoms with Crippen LogP contribution >= 0.6 is 0 Å². The zero-order valence-corrected chi connectivity index (χ0v) is 12.5. The van der Waals surface area contributed by atoms with Crippen molar-refractivity contribution >= 4 is 5.91 Å². The summed E-state index contributed by atoms with van der Waals surface area (Å²) in [5, 5.41) is 3.15. The van der Waals surface area contributed by atoms with Crippen LogP contribution in [0.5, 0.6) is 0 Å². The zero-order chi connectivity index (χ0) is 14.5. The molecule has 0 saturated carbocycles. The van der Waals surface area contributed by atoms with E-state index in [2.05, 4.69) is 10.2 Å². The fraction of sp³-hybridized carbons (Fsp3) is 0.688. The van der Waals surface area contributed by atoms with E-state index < -0.39 is 0 Å². The van der Waals surface area contributed by atoms with Crippen LogP contribution in [0.25, 0.3) is 0 Å². The second-order valence-corrected chi connectivity index (χ2v) is 6.13. The standard InChI is InChI=1S/C16H25N3O2/c20-16(13-18-7-1-2-8-18)17-14-5-9-19(10-6-14)12-15-4-3-11-21-15/h1-2,7-8,14-15H,3-6,9-13H2,(H,17,20). The van der Waals surface area contributed by atoms with Crippen LogP contribution in [-0.4, -0.2) is 53.8 Å². The number of carbonyl (C=O) groups excluding carboxylic acids is 1. The van der Waals surface area contributed by atoms with Gasteiger partial charge in [-0.15, -0.1) is 0 Å². The van der Waals surface area contributed by atoms with Gasteiger partial charge in [-0.2, -0.15) is 0 Å². The molecule has 1 atom stereocenters. The Morgan fingerprint density at radius 3 is 2.62 bits per heavy atom. The van der Waals surface area contributed by atoms with Gasteiger partial charge in [-0.1, -0.05) is 0 Å². The van der Waals surface area contributed by atoms with Crippen LogP contribution < -0.4 is 5.32 Å². The second kappa shape index (κ2) is 7.09. The molecule has 2 fully saturated rings. The highest BCUT2D eigenvalue weighted by molar-refractivity contribution is 5.76. The molecule has 0 bridgehead atoms. The van der Waals surface area contributed by atoms with E-state index in [9.17, 15) is 4.79 Å². The topological polar surface area (TPSA) is 46.5 Å². The molecule has 3 heterocycles. The Bertz CT molecular complexity index is 432.